The molecule has 0 N–H and O–H groups in total. The molecule has 2 aromatic carbocycles. The quantitative estimate of drug-likeness (QED) is 0.368. The summed E-state index contributed by atoms with van der Waals surface area (Å²) in [7, 11) is -10.7. The van der Waals surface area contributed by atoms with Crippen molar-refractivity contribution in [3.8, 4) is 0 Å². The van der Waals surface area contributed by atoms with Crippen molar-refractivity contribution in [1.82, 2.24) is 0 Å². The molecule has 22 heavy (non-hydrogen) atoms. The monoisotopic (exact) mass is 454 g/mol. The van der Waals surface area contributed by atoms with E-state index in [1.54, 1.807) is 0 Å². The summed E-state index contributed by atoms with van der Waals surface area (Å²) in [5, 5.41) is 0. The summed E-state index contributed by atoms with van der Waals surface area (Å²) in [6.07, 6.45) is 0. The molecule has 0 unspecified atom stereocenters. The minimum absolute atomic E-state index is 0.00313. The third-order valence-corrected chi connectivity index (χ3v) is 4.92. The maximum absolute atomic E-state index is 10.7. The molecule has 0 aromatic heterocycles. The van der Waals surface area contributed by atoms with Crippen LogP contribution in [0.3, 0.4) is 0 Å². The van der Waals surface area contributed by atoms with Crippen LogP contribution in [0.1, 0.15) is 11.1 Å². The van der Waals surface area contributed by atoms with E-state index in [4.69, 9.17) is 0 Å². The number of hydrogen-bond donors (Lipinski definition) is 0. The number of halogens is 7. The number of benzene rings is 2. The van der Waals surface area contributed by atoms with Gasteiger partial charge in [-0.15, -0.1) is 0 Å². The topological polar surface area (TPSA) is 0 Å². The van der Waals surface area contributed by atoms with Gasteiger partial charge >= 0.3 is 54.2 Å². The normalized spacial score (nSPS) is 14.4. The molecule has 0 aliphatic rings. The van der Waals surface area contributed by atoms with Crippen LogP contribution in [0.2, 0.25) is 0 Å². The standard InChI is InChI=1S/C14H14I.F6P/c1-11-3-7-13(8-4-11)15-14-9-5-12(2)6-10-14;1-7(2,3,4,5)6/h3-10H,1-2H3;/q+1;-1. The Bertz CT molecular complexity index is 562. The molecule has 124 valence electrons. The first-order valence-electron chi connectivity index (χ1n) is 6.03. The summed E-state index contributed by atoms with van der Waals surface area (Å²) in [5.74, 6) is 0. The van der Waals surface area contributed by atoms with Gasteiger partial charge in [0, 0.05) is 0 Å². The second-order valence-corrected chi connectivity index (χ2v) is 9.59. The number of rotatable bonds is 2. The summed E-state index contributed by atoms with van der Waals surface area (Å²) >= 11 is 0.00313. The second kappa shape index (κ2) is 6.00. The van der Waals surface area contributed by atoms with Crippen LogP contribution in [0.4, 0.5) is 25.2 Å². The Balaban J connectivity index is 0.000000295. The van der Waals surface area contributed by atoms with Crippen molar-refractivity contribution in [2.75, 3.05) is 0 Å². The van der Waals surface area contributed by atoms with Gasteiger partial charge in [0.1, 0.15) is 0 Å². The minimum atomic E-state index is -10.7. The molecule has 2 aromatic rings. The third-order valence-electron chi connectivity index (χ3n) is 2.24. The van der Waals surface area contributed by atoms with E-state index in [2.05, 4.69) is 62.4 Å². The summed E-state index contributed by atoms with van der Waals surface area (Å²) < 4.78 is 62.2. The van der Waals surface area contributed by atoms with Crippen molar-refractivity contribution in [3.05, 3.63) is 66.8 Å². The van der Waals surface area contributed by atoms with Crippen LogP contribution in [0.5, 0.6) is 0 Å². The molecule has 0 heterocycles. The molecule has 8 heteroatoms. The van der Waals surface area contributed by atoms with Gasteiger partial charge in [-0.2, -0.15) is 0 Å². The van der Waals surface area contributed by atoms with Crippen molar-refractivity contribution >= 4 is 7.81 Å². The molecular weight excluding hydrogens is 440 g/mol. The van der Waals surface area contributed by atoms with E-state index in [-0.39, 0.29) is 21.2 Å². The van der Waals surface area contributed by atoms with Crippen LogP contribution < -0.4 is 21.2 Å². The first-order valence-corrected chi connectivity index (χ1v) is 10.2. The van der Waals surface area contributed by atoms with E-state index in [1.807, 2.05) is 0 Å². The molecule has 0 fully saturated rings. The first-order chi connectivity index (χ1) is 9.69. The molecule has 0 saturated carbocycles. The molecule has 0 amide bonds. The molecule has 0 aliphatic heterocycles. The van der Waals surface area contributed by atoms with Crippen molar-refractivity contribution in [2.24, 2.45) is 0 Å². The molecule has 0 saturated heterocycles. The van der Waals surface area contributed by atoms with E-state index < -0.39 is 7.81 Å². The third kappa shape index (κ3) is 11.8. The first kappa shape index (κ1) is 19.2. The maximum atomic E-state index is 9.87. The van der Waals surface area contributed by atoms with Gasteiger partial charge in [-0.05, 0) is 38.1 Å². The second-order valence-electron chi connectivity index (χ2n) is 4.64. The van der Waals surface area contributed by atoms with E-state index in [1.165, 1.54) is 18.3 Å². The Morgan fingerprint density at radius 1 is 0.591 bits per heavy atom. The predicted octanol–water partition coefficient (Wildman–Crippen LogP) is 3.81. The van der Waals surface area contributed by atoms with Gasteiger partial charge in [-0.1, -0.05) is 35.4 Å². The van der Waals surface area contributed by atoms with Gasteiger partial charge in [0.15, 0.2) is 7.14 Å². The Morgan fingerprint density at radius 3 is 1.05 bits per heavy atom. The van der Waals surface area contributed by atoms with Crippen molar-refractivity contribution in [2.45, 2.75) is 13.8 Å². The van der Waals surface area contributed by atoms with Gasteiger partial charge in [-0.25, -0.2) is 0 Å². The van der Waals surface area contributed by atoms with Gasteiger partial charge in [-0.3, -0.25) is 0 Å². The molecule has 0 atom stereocenters. The Kier molecular flexibility index (Phi) is 5.24. The Labute approximate surface area is 135 Å². The van der Waals surface area contributed by atoms with Gasteiger partial charge in [0.2, 0.25) is 0 Å². The Hall–Kier alpha value is -0.820. The predicted molar refractivity (Wildman–Crippen MR) is 73.3 cm³/mol. The fourth-order valence-corrected chi connectivity index (χ4v) is 3.48. The number of aryl methyl sites for hydroxylation is 2. The van der Waals surface area contributed by atoms with E-state index >= 15 is 0 Å². The Morgan fingerprint density at radius 2 is 0.818 bits per heavy atom. The van der Waals surface area contributed by atoms with Gasteiger partial charge in [0.25, 0.3) is 0 Å². The van der Waals surface area contributed by atoms with Crippen LogP contribution in [0.25, 0.3) is 0 Å². The zero-order valence-electron chi connectivity index (χ0n) is 11.7. The summed E-state index contributed by atoms with van der Waals surface area (Å²) in [5.41, 5.74) is 2.68. The van der Waals surface area contributed by atoms with Crippen molar-refractivity contribution in [1.29, 1.82) is 0 Å². The molecule has 0 nitrogen and oxygen atoms in total. The number of hydrogen-bond acceptors (Lipinski definition) is 0. The molecule has 0 bridgehead atoms. The molecule has 0 radical (unpaired) electrons. The zero-order valence-corrected chi connectivity index (χ0v) is 14.8. The summed E-state index contributed by atoms with van der Waals surface area (Å²) in [4.78, 5) is 0. The average molecular weight is 454 g/mol. The summed E-state index contributed by atoms with van der Waals surface area (Å²) in [6.45, 7) is 4.27. The molecule has 0 aliphatic carbocycles. The molecule has 0 spiro atoms. The van der Waals surface area contributed by atoms with Crippen molar-refractivity contribution in [3.63, 3.8) is 0 Å². The SMILES string of the molecule is Cc1ccc([I+]c2ccc(C)cc2)cc1.F[P-](F)(F)(F)(F)F. The van der Waals surface area contributed by atoms with E-state index in [9.17, 15) is 25.2 Å². The van der Waals surface area contributed by atoms with E-state index in [0.717, 1.165) is 0 Å². The zero-order chi connectivity index (χ0) is 17.1. The van der Waals surface area contributed by atoms with Crippen LogP contribution in [0.15, 0.2) is 48.5 Å². The van der Waals surface area contributed by atoms with Crippen molar-refractivity contribution < 1.29 is 46.4 Å². The van der Waals surface area contributed by atoms with Crippen LogP contribution in [-0.4, -0.2) is 0 Å². The van der Waals surface area contributed by atoms with Crippen LogP contribution >= 0.6 is 7.81 Å². The van der Waals surface area contributed by atoms with Crippen LogP contribution in [0, 0.1) is 21.0 Å². The fraction of sp³-hybridized carbons (Fsp3) is 0.143. The van der Waals surface area contributed by atoms with Gasteiger partial charge in [0.05, 0.1) is 0 Å². The summed E-state index contributed by atoms with van der Waals surface area (Å²) in [6, 6.07) is 17.8. The molecule has 2 rings (SSSR count). The van der Waals surface area contributed by atoms with Gasteiger partial charge < -0.3 is 0 Å². The van der Waals surface area contributed by atoms with E-state index in [0.29, 0.717) is 0 Å². The average Bonchev–Trinajstić information content (AvgIpc) is 2.31. The molecular formula is C14H14F6IP. The van der Waals surface area contributed by atoms with Crippen LogP contribution in [-0.2, 0) is 0 Å². The fourth-order valence-electron chi connectivity index (χ4n) is 1.32.